The summed E-state index contributed by atoms with van der Waals surface area (Å²) in [5, 5.41) is 27.9. The smallest absolute Gasteiger partial charge is 0.259 e. The highest BCUT2D eigenvalue weighted by molar-refractivity contribution is 5.88. The van der Waals surface area contributed by atoms with Gasteiger partial charge in [0.15, 0.2) is 0 Å². The number of carbonyl (C=O) groups excluding carboxylic acids is 1. The summed E-state index contributed by atoms with van der Waals surface area (Å²) in [6.07, 6.45) is 1.31. The second-order valence-corrected chi connectivity index (χ2v) is 5.45. The highest BCUT2D eigenvalue weighted by Crippen LogP contribution is 2.21. The van der Waals surface area contributed by atoms with Gasteiger partial charge in [-0.15, -0.1) is 0 Å². The molecule has 3 aromatic carbocycles. The number of fused-ring (bicyclic) bond motifs is 1. The molecule has 0 unspecified atom stereocenters. The van der Waals surface area contributed by atoms with E-state index in [0.29, 0.717) is 5.56 Å². The normalized spacial score (nSPS) is 10.9. The fraction of sp³-hybridized carbons (Fsp3) is 0.0526. The number of nitrogens with one attached hydrogen (secondary N) is 2. The lowest BCUT2D eigenvalue weighted by molar-refractivity contribution is -0.119. The van der Waals surface area contributed by atoms with E-state index in [2.05, 4.69) is 15.8 Å². The van der Waals surface area contributed by atoms with Gasteiger partial charge >= 0.3 is 0 Å². The first kappa shape index (κ1) is 16.3. The minimum absolute atomic E-state index is 0.0433. The minimum Gasteiger partial charge on any atom is -0.508 e. The number of anilines is 1. The van der Waals surface area contributed by atoms with Crippen molar-refractivity contribution in [3.05, 3.63) is 66.2 Å². The fourth-order valence-corrected chi connectivity index (χ4v) is 2.34. The Morgan fingerprint density at radius 1 is 1.00 bits per heavy atom. The average molecular weight is 335 g/mol. The van der Waals surface area contributed by atoms with Gasteiger partial charge in [0.2, 0.25) is 0 Å². The van der Waals surface area contributed by atoms with Crippen LogP contribution in [-0.2, 0) is 4.79 Å². The third-order valence-electron chi connectivity index (χ3n) is 3.61. The zero-order valence-corrected chi connectivity index (χ0v) is 13.3. The van der Waals surface area contributed by atoms with E-state index in [9.17, 15) is 15.0 Å². The average Bonchev–Trinajstić information content (AvgIpc) is 2.61. The largest absolute Gasteiger partial charge is 0.508 e. The van der Waals surface area contributed by atoms with Gasteiger partial charge < -0.3 is 15.5 Å². The zero-order valence-electron chi connectivity index (χ0n) is 13.3. The van der Waals surface area contributed by atoms with E-state index >= 15 is 0 Å². The van der Waals surface area contributed by atoms with E-state index in [1.54, 1.807) is 0 Å². The highest BCUT2D eigenvalue weighted by atomic mass is 16.3. The van der Waals surface area contributed by atoms with Gasteiger partial charge in [0, 0.05) is 17.3 Å². The van der Waals surface area contributed by atoms with Crippen LogP contribution in [-0.4, -0.2) is 28.9 Å². The van der Waals surface area contributed by atoms with Crippen molar-refractivity contribution in [2.75, 3.05) is 11.9 Å². The number of phenols is 2. The molecule has 0 aliphatic rings. The van der Waals surface area contributed by atoms with Crippen LogP contribution in [0.1, 0.15) is 5.56 Å². The van der Waals surface area contributed by atoms with E-state index in [1.807, 2.05) is 42.5 Å². The molecule has 25 heavy (non-hydrogen) atoms. The summed E-state index contributed by atoms with van der Waals surface area (Å²) in [5.41, 5.74) is 3.61. The molecule has 3 aromatic rings. The molecule has 126 valence electrons. The number of hydrogen-bond donors (Lipinski definition) is 4. The van der Waals surface area contributed by atoms with Crippen LogP contribution >= 0.6 is 0 Å². The molecule has 0 aliphatic carbocycles. The van der Waals surface area contributed by atoms with E-state index in [1.165, 1.54) is 24.4 Å². The van der Waals surface area contributed by atoms with Crippen LogP contribution in [0.4, 0.5) is 5.69 Å². The number of amides is 1. The number of aromatic hydroxyl groups is 2. The summed E-state index contributed by atoms with van der Waals surface area (Å²) in [5.74, 6) is -0.478. The molecular formula is C19H17N3O3. The van der Waals surface area contributed by atoms with Crippen LogP contribution in [0, 0.1) is 0 Å². The molecule has 0 atom stereocenters. The SMILES string of the molecule is O=C(CNc1ccc2ccccc2c1)NN=Cc1ccc(O)cc1O. The molecule has 0 spiro atoms. The van der Waals surface area contributed by atoms with Crippen LogP contribution in [0.2, 0.25) is 0 Å². The summed E-state index contributed by atoms with van der Waals surface area (Å²) in [6, 6.07) is 18.0. The maximum atomic E-state index is 11.8. The number of carbonyl (C=O) groups is 1. The quantitative estimate of drug-likeness (QED) is 0.426. The molecule has 0 saturated carbocycles. The van der Waals surface area contributed by atoms with E-state index < -0.39 is 0 Å². The first-order valence-electron chi connectivity index (χ1n) is 7.68. The number of hydrazone groups is 1. The molecular weight excluding hydrogens is 318 g/mol. The molecule has 0 heterocycles. The first-order chi connectivity index (χ1) is 12.1. The van der Waals surface area contributed by atoms with Gasteiger partial charge in [0.1, 0.15) is 11.5 Å². The second kappa shape index (κ2) is 7.35. The Hall–Kier alpha value is -3.54. The maximum Gasteiger partial charge on any atom is 0.259 e. The summed E-state index contributed by atoms with van der Waals surface area (Å²) >= 11 is 0. The van der Waals surface area contributed by atoms with Crippen LogP contribution < -0.4 is 10.7 Å². The molecule has 0 aromatic heterocycles. The van der Waals surface area contributed by atoms with Crippen molar-refractivity contribution in [3.8, 4) is 11.5 Å². The molecule has 0 saturated heterocycles. The van der Waals surface area contributed by atoms with Crippen molar-refractivity contribution in [3.63, 3.8) is 0 Å². The minimum atomic E-state index is -0.317. The highest BCUT2D eigenvalue weighted by Gasteiger charge is 2.02. The Bertz CT molecular complexity index is 938. The number of nitrogens with zero attached hydrogens (tertiary/aromatic N) is 1. The van der Waals surface area contributed by atoms with Crippen LogP contribution in [0.25, 0.3) is 10.8 Å². The molecule has 6 heteroatoms. The Labute approximate surface area is 144 Å². The van der Waals surface area contributed by atoms with Crippen LogP contribution in [0.5, 0.6) is 11.5 Å². The topological polar surface area (TPSA) is 94.0 Å². The zero-order chi connectivity index (χ0) is 17.6. The summed E-state index contributed by atoms with van der Waals surface area (Å²) in [4.78, 5) is 11.8. The summed E-state index contributed by atoms with van der Waals surface area (Å²) < 4.78 is 0. The van der Waals surface area contributed by atoms with Gasteiger partial charge in [0.25, 0.3) is 5.91 Å². The summed E-state index contributed by atoms with van der Waals surface area (Å²) in [7, 11) is 0. The third-order valence-corrected chi connectivity index (χ3v) is 3.61. The Morgan fingerprint density at radius 2 is 1.80 bits per heavy atom. The van der Waals surface area contributed by atoms with Gasteiger partial charge in [-0.1, -0.05) is 30.3 Å². The van der Waals surface area contributed by atoms with E-state index in [4.69, 9.17) is 0 Å². The third kappa shape index (κ3) is 4.26. The molecule has 4 N–H and O–H groups in total. The van der Waals surface area contributed by atoms with Gasteiger partial charge in [-0.25, -0.2) is 5.43 Å². The fourth-order valence-electron chi connectivity index (χ4n) is 2.34. The van der Waals surface area contributed by atoms with Crippen LogP contribution in [0.3, 0.4) is 0 Å². The van der Waals surface area contributed by atoms with Gasteiger partial charge in [0.05, 0.1) is 12.8 Å². The van der Waals surface area contributed by atoms with Gasteiger partial charge in [-0.2, -0.15) is 5.10 Å². The molecule has 0 radical (unpaired) electrons. The van der Waals surface area contributed by atoms with Crippen LogP contribution in [0.15, 0.2) is 65.8 Å². The van der Waals surface area contributed by atoms with Gasteiger partial charge in [-0.05, 0) is 35.0 Å². The standard InChI is InChI=1S/C19H17N3O3/c23-17-8-6-15(18(24)10-17)11-21-22-19(25)12-20-16-7-5-13-3-1-2-4-14(13)9-16/h1-11,20,23-24H,12H2,(H,22,25). The van der Waals surface area contributed by atoms with Crippen molar-refractivity contribution in [2.24, 2.45) is 5.10 Å². The van der Waals surface area contributed by atoms with E-state index in [-0.39, 0.29) is 24.0 Å². The number of phenolic OH excluding ortho intramolecular Hbond substituents is 2. The molecule has 0 aliphatic heterocycles. The molecule has 3 rings (SSSR count). The van der Waals surface area contributed by atoms with Crippen molar-refractivity contribution >= 4 is 28.6 Å². The lowest BCUT2D eigenvalue weighted by Crippen LogP contribution is -2.25. The predicted molar refractivity (Wildman–Crippen MR) is 97.9 cm³/mol. The number of rotatable bonds is 5. The number of benzene rings is 3. The number of hydrogen-bond acceptors (Lipinski definition) is 5. The van der Waals surface area contributed by atoms with Crippen molar-refractivity contribution in [1.82, 2.24) is 5.43 Å². The maximum absolute atomic E-state index is 11.8. The Balaban J connectivity index is 1.54. The summed E-state index contributed by atoms with van der Waals surface area (Å²) in [6.45, 7) is 0.0667. The van der Waals surface area contributed by atoms with Crippen molar-refractivity contribution < 1.29 is 15.0 Å². The van der Waals surface area contributed by atoms with Crippen molar-refractivity contribution in [1.29, 1.82) is 0 Å². The molecule has 6 nitrogen and oxygen atoms in total. The lowest BCUT2D eigenvalue weighted by atomic mass is 10.1. The predicted octanol–water partition coefficient (Wildman–Crippen LogP) is 2.81. The monoisotopic (exact) mass is 335 g/mol. The lowest BCUT2D eigenvalue weighted by Gasteiger charge is -2.06. The van der Waals surface area contributed by atoms with Crippen molar-refractivity contribution in [2.45, 2.75) is 0 Å². The van der Waals surface area contributed by atoms with E-state index in [0.717, 1.165) is 16.5 Å². The molecule has 1 amide bonds. The Morgan fingerprint density at radius 3 is 2.60 bits per heavy atom. The first-order valence-corrected chi connectivity index (χ1v) is 7.68. The molecule has 0 bridgehead atoms. The Kier molecular flexibility index (Phi) is 4.80. The second-order valence-electron chi connectivity index (χ2n) is 5.45. The molecule has 0 fully saturated rings. The van der Waals surface area contributed by atoms with Gasteiger partial charge in [-0.3, -0.25) is 4.79 Å².